The summed E-state index contributed by atoms with van der Waals surface area (Å²) in [6.45, 7) is 3.82. The van der Waals surface area contributed by atoms with Crippen LogP contribution in [0.25, 0.3) is 0 Å². The molecule has 1 aromatic rings. The molecule has 2 heterocycles. The van der Waals surface area contributed by atoms with Gasteiger partial charge in [-0.05, 0) is 7.05 Å². The monoisotopic (exact) mass is 192 g/mol. The first kappa shape index (κ1) is 9.03. The number of aromatic nitrogens is 1. The lowest BCUT2D eigenvalue weighted by Gasteiger charge is -2.31. The lowest BCUT2D eigenvalue weighted by molar-refractivity contribution is 0.305. The molecule has 0 aromatic carbocycles. The fourth-order valence-electron chi connectivity index (χ4n) is 1.46. The maximum Gasteiger partial charge on any atom is 0.298 e. The Morgan fingerprint density at radius 3 is 2.71 bits per heavy atom. The van der Waals surface area contributed by atoms with Crippen molar-refractivity contribution in [3.8, 4) is 6.07 Å². The second-order valence-corrected chi connectivity index (χ2v) is 3.42. The topological polar surface area (TPSA) is 56.3 Å². The predicted octanol–water partition coefficient (Wildman–Crippen LogP) is 0.298. The summed E-state index contributed by atoms with van der Waals surface area (Å²) in [5.74, 6) is 0. The van der Waals surface area contributed by atoms with Crippen molar-refractivity contribution in [1.82, 2.24) is 9.88 Å². The summed E-state index contributed by atoms with van der Waals surface area (Å²) in [5, 5.41) is 8.59. The molecule has 0 amide bonds. The smallest absolute Gasteiger partial charge is 0.298 e. The van der Waals surface area contributed by atoms with Crippen LogP contribution in [0.5, 0.6) is 0 Å². The van der Waals surface area contributed by atoms with Gasteiger partial charge in [-0.1, -0.05) is 0 Å². The molecule has 74 valence electrons. The Hall–Kier alpha value is -1.54. The van der Waals surface area contributed by atoms with Gasteiger partial charge in [0.25, 0.3) is 6.01 Å². The summed E-state index contributed by atoms with van der Waals surface area (Å²) < 4.78 is 5.20. The zero-order valence-corrected chi connectivity index (χ0v) is 8.10. The molecule has 0 N–H and O–H groups in total. The molecule has 0 aliphatic carbocycles. The van der Waals surface area contributed by atoms with Gasteiger partial charge < -0.3 is 14.2 Å². The van der Waals surface area contributed by atoms with Crippen LogP contribution >= 0.6 is 0 Å². The van der Waals surface area contributed by atoms with Gasteiger partial charge in [-0.25, -0.2) is 0 Å². The third-order valence-corrected chi connectivity index (χ3v) is 2.38. The van der Waals surface area contributed by atoms with Crippen molar-refractivity contribution in [2.45, 2.75) is 0 Å². The molecule has 1 aromatic heterocycles. The highest BCUT2D eigenvalue weighted by molar-refractivity contribution is 5.31. The van der Waals surface area contributed by atoms with Crippen LogP contribution in [0.3, 0.4) is 0 Å². The molecule has 14 heavy (non-hydrogen) atoms. The Labute approximate surface area is 82.5 Å². The molecule has 5 heteroatoms. The molecule has 1 aliphatic rings. The normalized spacial score (nSPS) is 18.1. The third-order valence-electron chi connectivity index (χ3n) is 2.38. The summed E-state index contributed by atoms with van der Waals surface area (Å²) >= 11 is 0. The molecule has 0 atom stereocenters. The first-order valence-electron chi connectivity index (χ1n) is 4.59. The standard InChI is InChI=1S/C9H12N4O/c1-12-2-4-13(5-3-12)9-11-8(6-10)7-14-9/h7H,2-5H2,1H3. The number of oxazole rings is 1. The zero-order chi connectivity index (χ0) is 9.97. The molecule has 0 spiro atoms. The van der Waals surface area contributed by atoms with Gasteiger partial charge in [-0.15, -0.1) is 0 Å². The largest absolute Gasteiger partial charge is 0.431 e. The van der Waals surface area contributed by atoms with E-state index in [-0.39, 0.29) is 0 Å². The van der Waals surface area contributed by atoms with Crippen LogP contribution in [0, 0.1) is 11.3 Å². The van der Waals surface area contributed by atoms with Crippen LogP contribution in [-0.4, -0.2) is 43.1 Å². The average Bonchev–Trinajstić information content (AvgIpc) is 2.67. The second kappa shape index (κ2) is 3.68. The van der Waals surface area contributed by atoms with E-state index in [1.807, 2.05) is 6.07 Å². The van der Waals surface area contributed by atoms with E-state index in [9.17, 15) is 0 Å². The summed E-state index contributed by atoms with van der Waals surface area (Å²) in [6, 6.07) is 2.52. The van der Waals surface area contributed by atoms with Gasteiger partial charge in [0.1, 0.15) is 12.3 Å². The minimum absolute atomic E-state index is 0.346. The quantitative estimate of drug-likeness (QED) is 0.640. The van der Waals surface area contributed by atoms with Crippen molar-refractivity contribution >= 4 is 6.01 Å². The molecule has 0 radical (unpaired) electrons. The van der Waals surface area contributed by atoms with Crippen LogP contribution in [0.2, 0.25) is 0 Å². The summed E-state index contributed by atoms with van der Waals surface area (Å²) in [4.78, 5) is 8.37. The maximum absolute atomic E-state index is 8.59. The highest BCUT2D eigenvalue weighted by Crippen LogP contribution is 2.14. The Kier molecular flexibility index (Phi) is 2.37. The van der Waals surface area contributed by atoms with Gasteiger partial charge in [-0.3, -0.25) is 0 Å². The van der Waals surface area contributed by atoms with E-state index in [2.05, 4.69) is 21.8 Å². The van der Waals surface area contributed by atoms with Crippen molar-refractivity contribution in [1.29, 1.82) is 5.26 Å². The molecule has 2 rings (SSSR count). The van der Waals surface area contributed by atoms with Crippen molar-refractivity contribution in [2.24, 2.45) is 0 Å². The second-order valence-electron chi connectivity index (χ2n) is 3.42. The minimum Gasteiger partial charge on any atom is -0.431 e. The summed E-state index contributed by atoms with van der Waals surface area (Å²) in [5.41, 5.74) is 0.346. The minimum atomic E-state index is 0.346. The van der Waals surface area contributed by atoms with E-state index in [1.54, 1.807) is 0 Å². The third kappa shape index (κ3) is 1.70. The Bertz CT molecular complexity index is 346. The number of likely N-dealkylation sites (N-methyl/N-ethyl adjacent to an activating group) is 1. The van der Waals surface area contributed by atoms with Crippen LogP contribution in [0.1, 0.15) is 5.69 Å². The molecule has 1 aliphatic heterocycles. The van der Waals surface area contributed by atoms with E-state index in [0.717, 1.165) is 26.2 Å². The van der Waals surface area contributed by atoms with Crippen LogP contribution < -0.4 is 4.90 Å². The van der Waals surface area contributed by atoms with Crippen molar-refractivity contribution in [3.63, 3.8) is 0 Å². The number of nitrogens with zero attached hydrogens (tertiary/aromatic N) is 4. The van der Waals surface area contributed by atoms with Gasteiger partial charge >= 0.3 is 0 Å². The molecule has 0 unspecified atom stereocenters. The van der Waals surface area contributed by atoms with Crippen LogP contribution in [0.4, 0.5) is 6.01 Å². The first-order chi connectivity index (χ1) is 6.79. The van der Waals surface area contributed by atoms with Gasteiger partial charge in [-0.2, -0.15) is 10.2 Å². The van der Waals surface area contributed by atoms with Crippen LogP contribution in [-0.2, 0) is 0 Å². The molecule has 0 bridgehead atoms. The Morgan fingerprint density at radius 2 is 2.14 bits per heavy atom. The first-order valence-corrected chi connectivity index (χ1v) is 4.59. The van der Waals surface area contributed by atoms with Crippen molar-refractivity contribution in [2.75, 3.05) is 38.1 Å². The van der Waals surface area contributed by atoms with E-state index < -0.39 is 0 Å². The Morgan fingerprint density at radius 1 is 1.43 bits per heavy atom. The zero-order valence-electron chi connectivity index (χ0n) is 8.10. The molecule has 0 saturated carbocycles. The average molecular weight is 192 g/mol. The molecule has 1 fully saturated rings. The molecule has 5 nitrogen and oxygen atoms in total. The fraction of sp³-hybridized carbons (Fsp3) is 0.556. The van der Waals surface area contributed by atoms with Gasteiger partial charge in [0.2, 0.25) is 0 Å². The van der Waals surface area contributed by atoms with E-state index in [0.29, 0.717) is 11.7 Å². The van der Waals surface area contributed by atoms with E-state index in [4.69, 9.17) is 9.68 Å². The van der Waals surface area contributed by atoms with E-state index in [1.165, 1.54) is 6.26 Å². The number of hydrogen-bond donors (Lipinski definition) is 0. The molecular formula is C9H12N4O. The number of piperazine rings is 1. The van der Waals surface area contributed by atoms with Gasteiger partial charge in [0.05, 0.1) is 0 Å². The summed E-state index contributed by atoms with van der Waals surface area (Å²) in [6.07, 6.45) is 1.40. The number of anilines is 1. The molecule has 1 saturated heterocycles. The predicted molar refractivity (Wildman–Crippen MR) is 50.9 cm³/mol. The lowest BCUT2D eigenvalue weighted by atomic mass is 10.3. The highest BCUT2D eigenvalue weighted by atomic mass is 16.4. The molecular weight excluding hydrogens is 180 g/mol. The Balaban J connectivity index is 2.05. The van der Waals surface area contributed by atoms with Crippen molar-refractivity contribution in [3.05, 3.63) is 12.0 Å². The van der Waals surface area contributed by atoms with Crippen molar-refractivity contribution < 1.29 is 4.42 Å². The fourth-order valence-corrected chi connectivity index (χ4v) is 1.46. The lowest BCUT2D eigenvalue weighted by Crippen LogP contribution is -2.44. The number of rotatable bonds is 1. The van der Waals surface area contributed by atoms with Gasteiger partial charge in [0, 0.05) is 26.2 Å². The van der Waals surface area contributed by atoms with E-state index >= 15 is 0 Å². The van der Waals surface area contributed by atoms with Crippen LogP contribution in [0.15, 0.2) is 10.7 Å². The number of hydrogen-bond acceptors (Lipinski definition) is 5. The number of nitriles is 1. The van der Waals surface area contributed by atoms with Gasteiger partial charge in [0.15, 0.2) is 5.69 Å². The SMILES string of the molecule is CN1CCN(c2nc(C#N)co2)CC1. The maximum atomic E-state index is 8.59. The highest BCUT2D eigenvalue weighted by Gasteiger charge is 2.18. The summed E-state index contributed by atoms with van der Waals surface area (Å²) in [7, 11) is 2.09.